The molecule has 0 amide bonds. The normalized spacial score (nSPS) is 11.1. The van der Waals surface area contributed by atoms with Crippen LogP contribution >= 0.6 is 0 Å². The second-order valence-corrected chi connectivity index (χ2v) is 6.40. The van der Waals surface area contributed by atoms with Gasteiger partial charge >= 0.3 is 0 Å². The Kier molecular flexibility index (Phi) is 4.41. The molecule has 21 heavy (non-hydrogen) atoms. The van der Waals surface area contributed by atoms with E-state index in [4.69, 9.17) is 9.44 Å². The molecule has 0 aliphatic rings. The van der Waals surface area contributed by atoms with E-state index >= 15 is 0 Å². The van der Waals surface area contributed by atoms with Crippen LogP contribution in [0.25, 0.3) is 0 Å². The van der Waals surface area contributed by atoms with Crippen molar-refractivity contribution in [3.8, 4) is 6.07 Å². The maximum absolute atomic E-state index is 12.1. The molecule has 0 fully saturated rings. The summed E-state index contributed by atoms with van der Waals surface area (Å²) < 4.78 is 29.2. The van der Waals surface area contributed by atoms with Crippen molar-refractivity contribution in [2.75, 3.05) is 0 Å². The van der Waals surface area contributed by atoms with Gasteiger partial charge in [-0.15, -0.1) is 0 Å². The number of nitrogens with zero attached hydrogens (tertiary/aromatic N) is 1. The molecule has 0 aliphatic heterocycles. The molecule has 0 bridgehead atoms. The molecule has 0 aromatic heterocycles. The Bertz CT molecular complexity index is 787. The minimum Gasteiger partial charge on any atom is -0.262 e. The van der Waals surface area contributed by atoms with Crippen LogP contribution in [0.5, 0.6) is 0 Å². The predicted octanol–water partition coefficient (Wildman–Crippen LogP) is 3.08. The quantitative estimate of drug-likeness (QED) is 0.814. The van der Waals surface area contributed by atoms with Crippen LogP contribution in [0, 0.1) is 25.2 Å². The van der Waals surface area contributed by atoms with Gasteiger partial charge in [-0.25, -0.2) is 0 Å². The minimum atomic E-state index is -3.77. The van der Waals surface area contributed by atoms with Crippen LogP contribution in [-0.4, -0.2) is 8.42 Å². The van der Waals surface area contributed by atoms with Crippen LogP contribution in [0.1, 0.15) is 22.3 Å². The summed E-state index contributed by atoms with van der Waals surface area (Å²) in [4.78, 5) is 0.138. The van der Waals surface area contributed by atoms with E-state index in [0.29, 0.717) is 5.56 Å². The van der Waals surface area contributed by atoms with Gasteiger partial charge in [0.25, 0.3) is 10.1 Å². The highest BCUT2D eigenvalue weighted by molar-refractivity contribution is 7.86. The lowest BCUT2D eigenvalue weighted by Gasteiger charge is -2.08. The zero-order chi connectivity index (χ0) is 15.5. The first kappa shape index (κ1) is 15.2. The Balaban J connectivity index is 2.15. The lowest BCUT2D eigenvalue weighted by Crippen LogP contribution is -2.07. The van der Waals surface area contributed by atoms with Gasteiger partial charge in [-0.1, -0.05) is 23.8 Å². The maximum atomic E-state index is 12.1. The fraction of sp³-hybridized carbons (Fsp3) is 0.188. The van der Waals surface area contributed by atoms with Gasteiger partial charge in [0, 0.05) is 0 Å². The van der Waals surface area contributed by atoms with Crippen LogP contribution in [0.4, 0.5) is 0 Å². The number of rotatable bonds is 4. The lowest BCUT2D eigenvalue weighted by atomic mass is 10.1. The van der Waals surface area contributed by atoms with Crippen molar-refractivity contribution in [3.63, 3.8) is 0 Å². The minimum absolute atomic E-state index is 0.0479. The first-order chi connectivity index (χ1) is 9.92. The molecular weight excluding hydrogens is 286 g/mol. The molecule has 108 valence electrons. The number of hydrogen-bond donors (Lipinski definition) is 0. The second-order valence-electron chi connectivity index (χ2n) is 4.78. The highest BCUT2D eigenvalue weighted by atomic mass is 32.2. The summed E-state index contributed by atoms with van der Waals surface area (Å²) in [5, 5.41) is 8.81. The molecular formula is C16H15NO3S. The van der Waals surface area contributed by atoms with Gasteiger partial charge in [0.15, 0.2) is 0 Å². The van der Waals surface area contributed by atoms with Gasteiger partial charge in [0.05, 0.1) is 23.1 Å². The van der Waals surface area contributed by atoms with E-state index in [1.165, 1.54) is 12.1 Å². The fourth-order valence-corrected chi connectivity index (χ4v) is 2.73. The molecule has 0 spiro atoms. The van der Waals surface area contributed by atoms with Gasteiger partial charge in [0.2, 0.25) is 0 Å². The van der Waals surface area contributed by atoms with Crippen molar-refractivity contribution >= 4 is 10.1 Å². The molecule has 4 nitrogen and oxygen atoms in total. The molecule has 0 saturated heterocycles. The molecule has 0 unspecified atom stereocenters. The van der Waals surface area contributed by atoms with Crippen molar-refractivity contribution in [1.82, 2.24) is 0 Å². The Morgan fingerprint density at radius 1 is 1.10 bits per heavy atom. The zero-order valence-corrected chi connectivity index (χ0v) is 12.6. The third-order valence-electron chi connectivity index (χ3n) is 3.15. The molecule has 0 radical (unpaired) electrons. The largest absolute Gasteiger partial charge is 0.297 e. The van der Waals surface area contributed by atoms with Gasteiger partial charge in [-0.05, 0) is 49.2 Å². The summed E-state index contributed by atoms with van der Waals surface area (Å²) in [7, 11) is -3.77. The standard InChI is InChI=1S/C16H15NO3S/c1-12-3-7-16(8-4-12)21(18,19)20-11-15-6-5-14(10-17)9-13(15)2/h3-9H,11H2,1-2H3. The monoisotopic (exact) mass is 301 g/mol. The molecule has 0 N–H and O–H groups in total. The summed E-state index contributed by atoms with van der Waals surface area (Å²) in [6.45, 7) is 3.66. The first-order valence-electron chi connectivity index (χ1n) is 6.38. The first-order valence-corrected chi connectivity index (χ1v) is 7.79. The summed E-state index contributed by atoms with van der Waals surface area (Å²) >= 11 is 0. The van der Waals surface area contributed by atoms with E-state index < -0.39 is 10.1 Å². The molecule has 2 aromatic carbocycles. The van der Waals surface area contributed by atoms with Crippen LogP contribution in [0.15, 0.2) is 47.4 Å². The highest BCUT2D eigenvalue weighted by Crippen LogP contribution is 2.17. The van der Waals surface area contributed by atoms with E-state index in [0.717, 1.165) is 16.7 Å². The Hall–Kier alpha value is -2.16. The van der Waals surface area contributed by atoms with E-state index in [9.17, 15) is 8.42 Å². The average molecular weight is 301 g/mol. The smallest absolute Gasteiger partial charge is 0.262 e. The van der Waals surface area contributed by atoms with E-state index in [-0.39, 0.29) is 11.5 Å². The molecule has 0 heterocycles. The van der Waals surface area contributed by atoms with Crippen LogP contribution in [0.3, 0.4) is 0 Å². The lowest BCUT2D eigenvalue weighted by molar-refractivity contribution is 0.307. The molecule has 0 saturated carbocycles. The predicted molar refractivity (Wildman–Crippen MR) is 79.0 cm³/mol. The van der Waals surface area contributed by atoms with Crippen molar-refractivity contribution in [3.05, 3.63) is 64.7 Å². The van der Waals surface area contributed by atoms with Crippen LogP contribution in [0.2, 0.25) is 0 Å². The molecule has 0 atom stereocenters. The van der Waals surface area contributed by atoms with Gasteiger partial charge in [-0.3, -0.25) is 4.18 Å². The van der Waals surface area contributed by atoms with Gasteiger partial charge < -0.3 is 0 Å². The Morgan fingerprint density at radius 2 is 1.76 bits per heavy atom. The average Bonchev–Trinajstić information content (AvgIpc) is 2.46. The van der Waals surface area contributed by atoms with Crippen molar-refractivity contribution in [2.24, 2.45) is 0 Å². The summed E-state index contributed by atoms with van der Waals surface area (Å²) in [5.41, 5.74) is 3.09. The maximum Gasteiger partial charge on any atom is 0.297 e. The highest BCUT2D eigenvalue weighted by Gasteiger charge is 2.15. The van der Waals surface area contributed by atoms with Crippen molar-refractivity contribution in [1.29, 1.82) is 5.26 Å². The van der Waals surface area contributed by atoms with Crippen LogP contribution in [-0.2, 0) is 20.9 Å². The third-order valence-corrected chi connectivity index (χ3v) is 4.43. The Morgan fingerprint density at radius 3 is 2.33 bits per heavy atom. The number of nitriles is 1. The summed E-state index contributed by atoms with van der Waals surface area (Å²) in [6.07, 6.45) is 0. The third kappa shape index (κ3) is 3.69. The van der Waals surface area contributed by atoms with Crippen LogP contribution < -0.4 is 0 Å². The number of benzene rings is 2. The van der Waals surface area contributed by atoms with E-state index in [2.05, 4.69) is 0 Å². The SMILES string of the molecule is Cc1ccc(S(=O)(=O)OCc2ccc(C#N)cc2C)cc1. The topological polar surface area (TPSA) is 67.2 Å². The number of hydrogen-bond acceptors (Lipinski definition) is 4. The second kappa shape index (κ2) is 6.08. The zero-order valence-electron chi connectivity index (χ0n) is 11.8. The molecule has 2 rings (SSSR count). The van der Waals surface area contributed by atoms with Crippen molar-refractivity contribution < 1.29 is 12.6 Å². The summed E-state index contributed by atoms with van der Waals surface area (Å²) in [5.74, 6) is 0. The molecule has 2 aromatic rings. The summed E-state index contributed by atoms with van der Waals surface area (Å²) in [6, 6.07) is 13.6. The van der Waals surface area contributed by atoms with E-state index in [1.54, 1.807) is 30.3 Å². The number of aryl methyl sites for hydroxylation is 2. The van der Waals surface area contributed by atoms with Gasteiger partial charge in [-0.2, -0.15) is 13.7 Å². The Labute approximate surface area is 124 Å². The van der Waals surface area contributed by atoms with E-state index in [1.807, 2.05) is 19.9 Å². The van der Waals surface area contributed by atoms with Crippen molar-refractivity contribution in [2.45, 2.75) is 25.3 Å². The molecule has 0 aliphatic carbocycles. The molecule has 5 heteroatoms. The van der Waals surface area contributed by atoms with Gasteiger partial charge in [0.1, 0.15) is 0 Å². The fourth-order valence-electron chi connectivity index (χ4n) is 1.84.